The summed E-state index contributed by atoms with van der Waals surface area (Å²) >= 11 is 1.38. The van der Waals surface area contributed by atoms with E-state index in [1.165, 1.54) is 35.1 Å². The smallest absolute Gasteiger partial charge is 0.319 e. The number of carbonyl (C=O) groups is 1. The summed E-state index contributed by atoms with van der Waals surface area (Å²) in [6.45, 7) is 2.73. The van der Waals surface area contributed by atoms with E-state index >= 15 is 0 Å². The molecular formula is C18H15N3O4S. The van der Waals surface area contributed by atoms with Crippen LogP contribution in [0.3, 0.4) is 0 Å². The number of carbonyl (C=O) groups excluding carboxylic acids is 1. The molecule has 3 heterocycles. The van der Waals surface area contributed by atoms with E-state index in [0.717, 1.165) is 15.8 Å². The van der Waals surface area contributed by atoms with Gasteiger partial charge in [0.25, 0.3) is 0 Å². The van der Waals surface area contributed by atoms with E-state index in [1.54, 1.807) is 12.1 Å². The van der Waals surface area contributed by atoms with E-state index in [2.05, 4.69) is 10.1 Å². The van der Waals surface area contributed by atoms with Crippen LogP contribution in [-0.4, -0.2) is 30.3 Å². The molecule has 4 rings (SSSR count). The molecule has 0 aliphatic carbocycles. The number of benzene rings is 1. The molecule has 0 bridgehead atoms. The van der Waals surface area contributed by atoms with Crippen LogP contribution in [0.25, 0.3) is 10.2 Å². The van der Waals surface area contributed by atoms with E-state index in [-0.39, 0.29) is 5.76 Å². The van der Waals surface area contributed by atoms with Gasteiger partial charge in [-0.1, -0.05) is 17.4 Å². The quantitative estimate of drug-likeness (QED) is 0.520. The topological polar surface area (TPSA) is 77.2 Å². The number of furan rings is 1. The van der Waals surface area contributed by atoms with Gasteiger partial charge in [0.1, 0.15) is 25.2 Å². The van der Waals surface area contributed by atoms with Gasteiger partial charge in [0, 0.05) is 0 Å². The van der Waals surface area contributed by atoms with Gasteiger partial charge in [-0.3, -0.25) is 4.79 Å². The molecule has 0 fully saturated rings. The van der Waals surface area contributed by atoms with E-state index in [4.69, 9.17) is 13.9 Å². The molecule has 2 aromatic heterocycles. The molecular weight excluding hydrogens is 354 g/mol. The summed E-state index contributed by atoms with van der Waals surface area (Å²) in [4.78, 5) is 17.4. The summed E-state index contributed by atoms with van der Waals surface area (Å²) in [7, 11) is 0. The third-order valence-corrected chi connectivity index (χ3v) is 4.60. The van der Waals surface area contributed by atoms with Crippen molar-refractivity contribution in [2.75, 3.05) is 18.2 Å². The maximum Gasteiger partial charge on any atom is 0.319 e. The summed E-state index contributed by atoms with van der Waals surface area (Å²) in [5.74, 6) is 0.154. The highest BCUT2D eigenvalue weighted by atomic mass is 32.1. The first-order chi connectivity index (χ1) is 12.7. The van der Waals surface area contributed by atoms with E-state index in [1.807, 2.05) is 25.1 Å². The normalized spacial score (nSPS) is 14.1. The average molecular weight is 369 g/mol. The lowest BCUT2D eigenvalue weighted by Crippen LogP contribution is -2.30. The third-order valence-electron chi connectivity index (χ3n) is 3.61. The van der Waals surface area contributed by atoms with Gasteiger partial charge in [0.05, 0.1) is 22.7 Å². The lowest BCUT2D eigenvalue weighted by Gasteiger charge is -2.18. The van der Waals surface area contributed by atoms with Gasteiger partial charge in [0.2, 0.25) is 10.9 Å². The molecule has 1 aliphatic heterocycles. The highest BCUT2D eigenvalue weighted by molar-refractivity contribution is 7.22. The van der Waals surface area contributed by atoms with Crippen molar-refractivity contribution < 1.29 is 18.7 Å². The van der Waals surface area contributed by atoms with Crippen molar-refractivity contribution in [2.45, 2.75) is 6.92 Å². The van der Waals surface area contributed by atoms with Gasteiger partial charge < -0.3 is 13.9 Å². The molecule has 0 N–H and O–H groups in total. The van der Waals surface area contributed by atoms with Gasteiger partial charge in [-0.05, 0) is 36.8 Å². The summed E-state index contributed by atoms with van der Waals surface area (Å²) in [5.41, 5.74) is 1.92. The fraction of sp³-hybridized carbons (Fsp3) is 0.167. The Kier molecular flexibility index (Phi) is 4.40. The summed E-state index contributed by atoms with van der Waals surface area (Å²) < 4.78 is 16.8. The fourth-order valence-electron chi connectivity index (χ4n) is 2.36. The first kappa shape index (κ1) is 16.3. The number of hydrogen-bond acceptors (Lipinski definition) is 7. The van der Waals surface area contributed by atoms with E-state index in [0.29, 0.717) is 24.1 Å². The summed E-state index contributed by atoms with van der Waals surface area (Å²) in [6, 6.07) is 9.41. The molecule has 132 valence electrons. The number of nitrogens with zero attached hydrogens (tertiary/aromatic N) is 3. The van der Waals surface area contributed by atoms with Crippen LogP contribution in [0.1, 0.15) is 11.3 Å². The average Bonchev–Trinajstić information content (AvgIpc) is 3.31. The number of amides is 1. The number of hydrazone groups is 1. The van der Waals surface area contributed by atoms with Crippen molar-refractivity contribution >= 4 is 38.8 Å². The molecule has 0 saturated heterocycles. The predicted octanol–water partition coefficient (Wildman–Crippen LogP) is 3.45. The lowest BCUT2D eigenvalue weighted by atomic mass is 10.2. The number of rotatable bonds is 4. The molecule has 0 atom stereocenters. The van der Waals surface area contributed by atoms with Gasteiger partial charge in [-0.15, -0.1) is 0 Å². The second-order valence-corrected chi connectivity index (χ2v) is 6.56. The molecule has 1 aliphatic rings. The fourth-order valence-corrected chi connectivity index (χ4v) is 3.38. The van der Waals surface area contributed by atoms with Gasteiger partial charge in [-0.2, -0.15) is 10.1 Å². The minimum Gasteiger partial charge on any atom is -0.494 e. The number of aryl methyl sites for hydroxylation is 1. The number of anilines is 1. The Morgan fingerprint density at radius 3 is 3.04 bits per heavy atom. The zero-order valence-electron chi connectivity index (χ0n) is 13.9. The minimum absolute atomic E-state index is 0.0864. The van der Waals surface area contributed by atoms with Crippen LogP contribution in [0.2, 0.25) is 0 Å². The van der Waals surface area contributed by atoms with E-state index < -0.39 is 5.91 Å². The van der Waals surface area contributed by atoms with Crippen molar-refractivity contribution in [3.8, 4) is 0 Å². The number of fused-ring (bicyclic) bond motifs is 1. The van der Waals surface area contributed by atoms with Gasteiger partial charge in [0.15, 0.2) is 0 Å². The first-order valence-electron chi connectivity index (χ1n) is 7.94. The predicted molar refractivity (Wildman–Crippen MR) is 98.1 cm³/mol. The number of aromatic nitrogens is 1. The Morgan fingerprint density at radius 2 is 2.27 bits per heavy atom. The molecule has 0 spiro atoms. The number of thiazole rings is 1. The Morgan fingerprint density at radius 1 is 1.35 bits per heavy atom. The van der Waals surface area contributed by atoms with Crippen molar-refractivity contribution in [1.29, 1.82) is 0 Å². The maximum atomic E-state index is 12.9. The van der Waals surface area contributed by atoms with Gasteiger partial charge in [-0.25, -0.2) is 4.98 Å². The summed E-state index contributed by atoms with van der Waals surface area (Å²) in [6.07, 6.45) is 4.30. The Hall–Kier alpha value is -3.13. The number of hydrogen-bond donors (Lipinski definition) is 0. The van der Waals surface area contributed by atoms with Crippen LogP contribution in [-0.2, 0) is 14.3 Å². The van der Waals surface area contributed by atoms with Crippen molar-refractivity contribution in [3.05, 3.63) is 59.9 Å². The van der Waals surface area contributed by atoms with Crippen molar-refractivity contribution in [3.63, 3.8) is 0 Å². The molecule has 26 heavy (non-hydrogen) atoms. The largest absolute Gasteiger partial charge is 0.494 e. The Bertz CT molecular complexity index is 991. The lowest BCUT2D eigenvalue weighted by molar-refractivity contribution is -0.119. The molecule has 8 heteroatoms. The zero-order chi connectivity index (χ0) is 17.9. The monoisotopic (exact) mass is 369 g/mol. The third kappa shape index (κ3) is 3.31. The maximum absolute atomic E-state index is 12.9. The number of ether oxygens (including phenoxy) is 2. The molecule has 0 radical (unpaired) electrons. The Balaban J connectivity index is 1.73. The molecule has 0 saturated carbocycles. The Labute approximate surface area is 153 Å². The second-order valence-electron chi connectivity index (χ2n) is 5.55. The molecule has 3 aromatic rings. The van der Waals surface area contributed by atoms with Gasteiger partial charge >= 0.3 is 5.91 Å². The molecule has 7 nitrogen and oxygen atoms in total. The highest BCUT2D eigenvalue weighted by Crippen LogP contribution is 2.30. The van der Waals surface area contributed by atoms with Crippen LogP contribution in [0.4, 0.5) is 5.13 Å². The summed E-state index contributed by atoms with van der Waals surface area (Å²) in [5, 5.41) is 5.90. The second kappa shape index (κ2) is 7.01. The standard InChI is InChI=1S/C18H15N3O4S/c1-12-4-5-14-16(9-12)26-18(20-14)21(19-10-13-3-2-6-24-13)17(22)15-11-23-7-8-25-15/h2-6,9-11H,7-8H2,1H3/b19-10+. The minimum atomic E-state index is -0.455. The molecule has 1 aromatic carbocycles. The highest BCUT2D eigenvalue weighted by Gasteiger charge is 2.26. The van der Waals surface area contributed by atoms with E-state index in [9.17, 15) is 4.79 Å². The SMILES string of the molecule is Cc1ccc2nc(N(/N=C/c3ccco3)C(=O)C3=COCCO3)sc2c1. The molecule has 0 unspecified atom stereocenters. The van der Waals surface area contributed by atoms with Crippen LogP contribution in [0.15, 0.2) is 58.1 Å². The van der Waals surface area contributed by atoms with Crippen LogP contribution in [0, 0.1) is 6.92 Å². The van der Waals surface area contributed by atoms with Crippen molar-refractivity contribution in [1.82, 2.24) is 4.98 Å². The van der Waals surface area contributed by atoms with Crippen LogP contribution in [0.5, 0.6) is 0 Å². The zero-order valence-corrected chi connectivity index (χ0v) is 14.7. The van der Waals surface area contributed by atoms with Crippen LogP contribution < -0.4 is 5.01 Å². The van der Waals surface area contributed by atoms with Crippen molar-refractivity contribution in [2.24, 2.45) is 5.10 Å². The van der Waals surface area contributed by atoms with Crippen LogP contribution >= 0.6 is 11.3 Å². The first-order valence-corrected chi connectivity index (χ1v) is 8.76. The molecule has 1 amide bonds.